The number of phenols is 1. The standard InChI is InChI=1S/C20H19BrFN3O/c21-16-12-14(20(26)19-15(16)4-3-7-23-19)13-24-8-10-25(11-9-24)18-6-2-1-5-17(18)22/h1-7,12,26H,8-11,13H2/p+1. The molecule has 3 aromatic rings. The molecule has 2 aromatic carbocycles. The van der Waals surface area contributed by atoms with Crippen LogP contribution >= 0.6 is 15.9 Å². The zero-order valence-electron chi connectivity index (χ0n) is 14.3. The van der Waals surface area contributed by atoms with Crippen LogP contribution in [0.5, 0.6) is 5.75 Å². The third kappa shape index (κ3) is 3.27. The summed E-state index contributed by atoms with van der Waals surface area (Å²) in [5, 5.41) is 11.5. The van der Waals surface area contributed by atoms with Gasteiger partial charge >= 0.3 is 0 Å². The van der Waals surface area contributed by atoms with Gasteiger partial charge in [0.2, 0.25) is 0 Å². The van der Waals surface area contributed by atoms with Crippen molar-refractivity contribution in [2.75, 3.05) is 31.1 Å². The van der Waals surface area contributed by atoms with Gasteiger partial charge in [-0.3, -0.25) is 4.98 Å². The second-order valence-electron chi connectivity index (χ2n) is 6.63. The molecular weight excluding hydrogens is 397 g/mol. The van der Waals surface area contributed by atoms with Crippen LogP contribution in [0.1, 0.15) is 5.56 Å². The van der Waals surface area contributed by atoms with Gasteiger partial charge in [-0.05, 0) is 24.3 Å². The fourth-order valence-corrected chi connectivity index (χ4v) is 4.19. The van der Waals surface area contributed by atoms with Crippen molar-refractivity contribution in [1.82, 2.24) is 4.98 Å². The fourth-order valence-electron chi connectivity index (χ4n) is 3.59. The molecule has 1 aliphatic rings. The van der Waals surface area contributed by atoms with E-state index < -0.39 is 0 Å². The number of fused-ring (bicyclic) bond motifs is 1. The Morgan fingerprint density at radius 1 is 1.15 bits per heavy atom. The Hall–Kier alpha value is -2.18. The molecule has 0 spiro atoms. The van der Waals surface area contributed by atoms with Crippen LogP contribution in [0.2, 0.25) is 0 Å². The van der Waals surface area contributed by atoms with E-state index in [1.54, 1.807) is 12.3 Å². The number of pyridine rings is 1. The van der Waals surface area contributed by atoms with Crippen LogP contribution < -0.4 is 9.80 Å². The van der Waals surface area contributed by atoms with E-state index in [1.807, 2.05) is 30.3 Å². The van der Waals surface area contributed by atoms with Crippen LogP contribution in [0.15, 0.2) is 53.1 Å². The number of para-hydroxylation sites is 1. The molecule has 2 N–H and O–H groups in total. The van der Waals surface area contributed by atoms with Gasteiger partial charge in [0.1, 0.15) is 17.9 Å². The van der Waals surface area contributed by atoms with Crippen molar-refractivity contribution < 1.29 is 14.4 Å². The monoisotopic (exact) mass is 416 g/mol. The quantitative estimate of drug-likeness (QED) is 0.689. The summed E-state index contributed by atoms with van der Waals surface area (Å²) in [7, 11) is 0. The first-order valence-electron chi connectivity index (χ1n) is 8.71. The number of nitrogens with zero attached hydrogens (tertiary/aromatic N) is 2. The topological polar surface area (TPSA) is 40.8 Å². The number of anilines is 1. The molecular formula is C20H20BrFN3O+. The lowest BCUT2D eigenvalue weighted by atomic mass is 10.1. The highest BCUT2D eigenvalue weighted by molar-refractivity contribution is 9.10. The summed E-state index contributed by atoms with van der Waals surface area (Å²) in [6.07, 6.45) is 1.69. The van der Waals surface area contributed by atoms with E-state index in [2.05, 4.69) is 25.8 Å². The molecule has 0 atom stereocenters. The van der Waals surface area contributed by atoms with Crippen molar-refractivity contribution in [1.29, 1.82) is 0 Å². The number of halogens is 2. The lowest BCUT2D eigenvalue weighted by molar-refractivity contribution is -0.914. The second-order valence-corrected chi connectivity index (χ2v) is 7.49. The molecule has 4 nitrogen and oxygen atoms in total. The summed E-state index contributed by atoms with van der Waals surface area (Å²) in [5.74, 6) is 0.0889. The molecule has 6 heteroatoms. The highest BCUT2D eigenvalue weighted by atomic mass is 79.9. The Kier molecular flexibility index (Phi) is 4.78. The number of piperazine rings is 1. The summed E-state index contributed by atoms with van der Waals surface area (Å²) in [5.41, 5.74) is 2.19. The summed E-state index contributed by atoms with van der Waals surface area (Å²) in [6, 6.07) is 12.7. The zero-order valence-corrected chi connectivity index (χ0v) is 15.8. The van der Waals surface area contributed by atoms with Gasteiger partial charge in [0, 0.05) is 16.1 Å². The molecule has 0 saturated carbocycles. The van der Waals surface area contributed by atoms with Crippen LogP contribution in [0, 0.1) is 5.82 Å². The van der Waals surface area contributed by atoms with Gasteiger partial charge in [0.25, 0.3) is 0 Å². The van der Waals surface area contributed by atoms with E-state index in [1.165, 1.54) is 11.0 Å². The van der Waals surface area contributed by atoms with Gasteiger partial charge in [0.15, 0.2) is 5.75 Å². The number of phenolic OH excluding ortho intramolecular Hbond substituents is 1. The van der Waals surface area contributed by atoms with Gasteiger partial charge in [-0.1, -0.05) is 34.1 Å². The summed E-state index contributed by atoms with van der Waals surface area (Å²) < 4.78 is 14.9. The van der Waals surface area contributed by atoms with E-state index >= 15 is 0 Å². The van der Waals surface area contributed by atoms with Crippen molar-refractivity contribution in [3.8, 4) is 5.75 Å². The van der Waals surface area contributed by atoms with Crippen LogP contribution in [0.3, 0.4) is 0 Å². The average Bonchev–Trinajstić information content (AvgIpc) is 2.67. The number of aromatic nitrogens is 1. The highest BCUT2D eigenvalue weighted by Gasteiger charge is 2.23. The van der Waals surface area contributed by atoms with E-state index in [4.69, 9.17) is 0 Å². The first-order chi connectivity index (χ1) is 12.6. The highest BCUT2D eigenvalue weighted by Crippen LogP contribution is 2.32. The van der Waals surface area contributed by atoms with Gasteiger partial charge < -0.3 is 14.9 Å². The first-order valence-corrected chi connectivity index (χ1v) is 9.51. The average molecular weight is 417 g/mol. The maximum Gasteiger partial charge on any atom is 0.150 e. The van der Waals surface area contributed by atoms with E-state index in [0.717, 1.165) is 48.1 Å². The van der Waals surface area contributed by atoms with Crippen LogP contribution in [-0.4, -0.2) is 36.3 Å². The van der Waals surface area contributed by atoms with Gasteiger partial charge in [-0.2, -0.15) is 0 Å². The maximum atomic E-state index is 14.0. The number of aromatic hydroxyl groups is 1. The summed E-state index contributed by atoms with van der Waals surface area (Å²) in [4.78, 5) is 7.78. The number of nitrogens with one attached hydrogen (secondary N) is 1. The largest absolute Gasteiger partial charge is 0.505 e. The molecule has 1 aromatic heterocycles. The van der Waals surface area contributed by atoms with Crippen LogP contribution in [-0.2, 0) is 6.54 Å². The molecule has 0 aliphatic carbocycles. The first kappa shape index (κ1) is 17.2. The maximum absolute atomic E-state index is 14.0. The van der Waals surface area contributed by atoms with Crippen LogP contribution in [0.4, 0.5) is 10.1 Å². The van der Waals surface area contributed by atoms with E-state index in [-0.39, 0.29) is 11.6 Å². The fraction of sp³-hybridized carbons (Fsp3) is 0.250. The molecule has 1 fully saturated rings. The number of hydrogen-bond donors (Lipinski definition) is 2. The number of benzene rings is 2. The molecule has 1 aliphatic heterocycles. The minimum atomic E-state index is -0.168. The third-order valence-corrected chi connectivity index (χ3v) is 5.65. The van der Waals surface area contributed by atoms with Crippen molar-refractivity contribution in [2.24, 2.45) is 0 Å². The SMILES string of the molecule is Oc1c(C[NH+]2CCN(c3ccccc3F)CC2)cc(Br)c2cccnc12. The predicted molar refractivity (Wildman–Crippen MR) is 104 cm³/mol. The zero-order chi connectivity index (χ0) is 18.1. The molecule has 4 rings (SSSR count). The molecule has 0 radical (unpaired) electrons. The second kappa shape index (κ2) is 7.21. The molecule has 2 heterocycles. The lowest BCUT2D eigenvalue weighted by Crippen LogP contribution is -3.13. The van der Waals surface area contributed by atoms with Gasteiger partial charge in [0.05, 0.1) is 37.4 Å². The molecule has 26 heavy (non-hydrogen) atoms. The van der Waals surface area contributed by atoms with Crippen molar-refractivity contribution in [3.05, 3.63) is 64.5 Å². The molecule has 0 bridgehead atoms. The Morgan fingerprint density at radius 2 is 1.92 bits per heavy atom. The van der Waals surface area contributed by atoms with Gasteiger partial charge in [-0.25, -0.2) is 4.39 Å². The minimum absolute atomic E-state index is 0.168. The van der Waals surface area contributed by atoms with E-state index in [9.17, 15) is 9.50 Å². The Labute approximate surface area is 160 Å². The van der Waals surface area contributed by atoms with Crippen molar-refractivity contribution in [3.63, 3.8) is 0 Å². The Bertz CT molecular complexity index is 941. The van der Waals surface area contributed by atoms with Crippen LogP contribution in [0.25, 0.3) is 10.9 Å². The van der Waals surface area contributed by atoms with Crippen molar-refractivity contribution >= 4 is 32.5 Å². The summed E-state index contributed by atoms with van der Waals surface area (Å²) >= 11 is 3.58. The number of quaternary nitrogens is 1. The van der Waals surface area contributed by atoms with Crippen molar-refractivity contribution in [2.45, 2.75) is 6.54 Å². The lowest BCUT2D eigenvalue weighted by Gasteiger charge is -2.34. The number of rotatable bonds is 3. The summed E-state index contributed by atoms with van der Waals surface area (Å²) in [6.45, 7) is 4.10. The Morgan fingerprint density at radius 3 is 2.69 bits per heavy atom. The van der Waals surface area contributed by atoms with E-state index in [0.29, 0.717) is 11.2 Å². The number of hydrogen-bond acceptors (Lipinski definition) is 3. The predicted octanol–water partition coefficient (Wildman–Crippen LogP) is 2.75. The molecule has 0 amide bonds. The minimum Gasteiger partial charge on any atom is -0.505 e. The third-order valence-electron chi connectivity index (χ3n) is 5.00. The smallest absolute Gasteiger partial charge is 0.150 e. The molecule has 1 saturated heterocycles. The normalized spacial score (nSPS) is 15.5. The molecule has 0 unspecified atom stereocenters. The van der Waals surface area contributed by atoms with Gasteiger partial charge in [-0.15, -0.1) is 0 Å². The Balaban J connectivity index is 1.49. The molecule has 134 valence electrons.